The summed E-state index contributed by atoms with van der Waals surface area (Å²) >= 11 is 3.39. The number of pyridine rings is 1. The Kier molecular flexibility index (Phi) is 10.6. The number of methoxy groups -OCH3 is 2. The van der Waals surface area contributed by atoms with E-state index in [-0.39, 0.29) is 12.2 Å². The summed E-state index contributed by atoms with van der Waals surface area (Å²) in [5.41, 5.74) is 2.17. The second kappa shape index (κ2) is 12.4. The lowest BCUT2D eigenvalue weighted by molar-refractivity contribution is -0.179. The van der Waals surface area contributed by atoms with Crippen molar-refractivity contribution in [2.45, 2.75) is 6.41 Å². The molecule has 0 aliphatic rings. The second-order valence-electron chi connectivity index (χ2n) is 6.32. The average Bonchev–Trinajstić information content (AvgIpc) is 2.67. The molecule has 0 saturated heterocycles. The molecule has 0 aliphatic heterocycles. The van der Waals surface area contributed by atoms with Crippen LogP contribution in [0.5, 0.6) is 0 Å². The van der Waals surface area contributed by atoms with Crippen molar-refractivity contribution in [2.24, 2.45) is 0 Å². The van der Waals surface area contributed by atoms with Crippen molar-refractivity contribution in [3.63, 3.8) is 0 Å². The fourth-order valence-corrected chi connectivity index (χ4v) is 2.76. The van der Waals surface area contributed by atoms with Crippen LogP contribution in [0.1, 0.15) is 15.9 Å². The Balaban J connectivity index is 0.000000416. The number of Topliss-reactive ketones (excluding diaryl/α,β-unsaturated/α-hetero) is 1. The molecule has 0 spiro atoms. The summed E-state index contributed by atoms with van der Waals surface area (Å²) in [6, 6.07) is 11.1. The molecule has 0 amide bonds. The predicted octanol–water partition coefficient (Wildman–Crippen LogP) is 3.75. The maximum Gasteiger partial charge on any atom is 0.217 e. The zero-order chi connectivity index (χ0) is 21.1. The van der Waals surface area contributed by atoms with Gasteiger partial charge in [-0.1, -0.05) is 28.1 Å². The molecule has 0 saturated carbocycles. The van der Waals surface area contributed by atoms with Gasteiger partial charge >= 0.3 is 0 Å². The minimum absolute atomic E-state index is 0.00815. The van der Waals surface area contributed by atoms with Gasteiger partial charge in [-0.3, -0.25) is 14.7 Å². The summed E-state index contributed by atoms with van der Waals surface area (Å²) < 4.78 is 10.6. The lowest BCUT2D eigenvalue weighted by Crippen LogP contribution is -2.30. The van der Waals surface area contributed by atoms with Crippen molar-refractivity contribution in [2.75, 3.05) is 42.4 Å². The molecule has 1 heterocycles. The van der Waals surface area contributed by atoms with Gasteiger partial charge in [0.2, 0.25) is 6.41 Å². The van der Waals surface area contributed by atoms with E-state index in [1.807, 2.05) is 80.6 Å². The summed E-state index contributed by atoms with van der Waals surface area (Å²) in [5.74, 6) is -0.00815. The average molecular weight is 450 g/mol. The number of rotatable bonds is 7. The van der Waals surface area contributed by atoms with E-state index in [0.717, 1.165) is 10.0 Å². The minimum Gasteiger partial charge on any atom is -0.383 e. The highest BCUT2D eigenvalue weighted by Gasteiger charge is 2.15. The summed E-state index contributed by atoms with van der Waals surface area (Å²) in [6.45, 7) is 0. The monoisotopic (exact) mass is 449 g/mol. The molecule has 1 aromatic carbocycles. The molecule has 1 aromatic heterocycles. The molecule has 6 nitrogen and oxygen atoms in total. The van der Waals surface area contributed by atoms with Gasteiger partial charge in [-0.05, 0) is 43.9 Å². The second-order valence-corrected chi connectivity index (χ2v) is 7.24. The van der Waals surface area contributed by atoms with Gasteiger partial charge in [-0.15, -0.1) is 0 Å². The van der Waals surface area contributed by atoms with Crippen molar-refractivity contribution < 1.29 is 14.3 Å². The highest BCUT2D eigenvalue weighted by molar-refractivity contribution is 9.10. The zero-order valence-corrected chi connectivity index (χ0v) is 18.8. The SMILES string of the molecule is CN(C)/C=C(/C(=O)c1cccc(Br)c1)c1ccncc1.COC(OC)N(C)C. The molecule has 0 bridgehead atoms. The molecular weight excluding hydrogens is 422 g/mol. The lowest BCUT2D eigenvalue weighted by Gasteiger charge is -2.19. The third-order valence-electron chi connectivity index (χ3n) is 3.53. The van der Waals surface area contributed by atoms with E-state index in [9.17, 15) is 4.79 Å². The van der Waals surface area contributed by atoms with Crippen molar-refractivity contribution in [3.8, 4) is 0 Å². The number of hydrogen-bond acceptors (Lipinski definition) is 6. The third kappa shape index (κ3) is 7.90. The van der Waals surface area contributed by atoms with Crippen molar-refractivity contribution in [3.05, 3.63) is 70.6 Å². The standard InChI is InChI=1S/C16H15BrN2O.C5H13NO2/c1-19(2)11-15(12-6-8-18-9-7-12)16(20)13-4-3-5-14(17)10-13;1-6(2)5(7-3)8-4/h3-11H,1-2H3;5H,1-4H3/b15-11+;. The van der Waals surface area contributed by atoms with Crippen LogP contribution in [0.3, 0.4) is 0 Å². The smallest absolute Gasteiger partial charge is 0.217 e. The molecule has 152 valence electrons. The fraction of sp³-hybridized carbons (Fsp3) is 0.333. The van der Waals surface area contributed by atoms with Crippen LogP contribution in [0, 0.1) is 0 Å². The van der Waals surface area contributed by atoms with Gasteiger partial charge in [0.15, 0.2) is 5.78 Å². The van der Waals surface area contributed by atoms with E-state index in [4.69, 9.17) is 9.47 Å². The van der Waals surface area contributed by atoms with E-state index >= 15 is 0 Å². The Hall–Kier alpha value is -2.06. The van der Waals surface area contributed by atoms with Gasteiger partial charge in [0.05, 0.1) is 0 Å². The van der Waals surface area contributed by atoms with Crippen LogP contribution in [0.4, 0.5) is 0 Å². The number of hydrogen-bond donors (Lipinski definition) is 0. The van der Waals surface area contributed by atoms with Crippen LogP contribution in [-0.4, -0.2) is 69.4 Å². The molecule has 0 atom stereocenters. The Morgan fingerprint density at radius 2 is 1.64 bits per heavy atom. The van der Waals surface area contributed by atoms with Crippen molar-refractivity contribution in [1.82, 2.24) is 14.8 Å². The maximum atomic E-state index is 12.7. The molecule has 2 rings (SSSR count). The first kappa shape index (κ1) is 24.0. The van der Waals surface area contributed by atoms with E-state index in [1.54, 1.807) is 26.6 Å². The number of ether oxygens (including phenoxy) is 2. The van der Waals surface area contributed by atoms with Gasteiger partial charge < -0.3 is 14.4 Å². The number of ketones is 1. The highest BCUT2D eigenvalue weighted by atomic mass is 79.9. The molecule has 2 aromatic rings. The lowest BCUT2D eigenvalue weighted by atomic mass is 9.98. The van der Waals surface area contributed by atoms with Crippen LogP contribution in [0.25, 0.3) is 5.57 Å². The Morgan fingerprint density at radius 3 is 2.07 bits per heavy atom. The van der Waals surface area contributed by atoms with E-state index in [0.29, 0.717) is 11.1 Å². The number of carbonyl (C=O) groups is 1. The largest absolute Gasteiger partial charge is 0.383 e. The van der Waals surface area contributed by atoms with Gasteiger partial charge in [-0.25, -0.2) is 0 Å². The third-order valence-corrected chi connectivity index (χ3v) is 4.03. The summed E-state index contributed by atoms with van der Waals surface area (Å²) in [5, 5.41) is 0. The maximum absolute atomic E-state index is 12.7. The Labute approximate surface area is 175 Å². The normalized spacial score (nSPS) is 11.2. The highest BCUT2D eigenvalue weighted by Crippen LogP contribution is 2.21. The molecule has 0 N–H and O–H groups in total. The molecule has 0 radical (unpaired) electrons. The van der Waals surface area contributed by atoms with Gasteiger partial charge in [0.25, 0.3) is 0 Å². The number of allylic oxidation sites excluding steroid dienone is 1. The van der Waals surface area contributed by atoms with Gasteiger partial charge in [0, 0.05) is 62.5 Å². The molecule has 28 heavy (non-hydrogen) atoms. The van der Waals surface area contributed by atoms with Crippen molar-refractivity contribution >= 4 is 27.3 Å². The number of benzene rings is 1. The zero-order valence-electron chi connectivity index (χ0n) is 17.2. The molecular formula is C21H28BrN3O3. The summed E-state index contributed by atoms with van der Waals surface area (Å²) in [7, 11) is 10.8. The molecule has 0 unspecified atom stereocenters. The number of aromatic nitrogens is 1. The van der Waals surface area contributed by atoms with E-state index < -0.39 is 0 Å². The van der Waals surface area contributed by atoms with Gasteiger partial charge in [0.1, 0.15) is 0 Å². The number of nitrogens with zero attached hydrogens (tertiary/aromatic N) is 3. The summed E-state index contributed by atoms with van der Waals surface area (Å²) in [6.07, 6.45) is 4.99. The van der Waals surface area contributed by atoms with Crippen LogP contribution in [-0.2, 0) is 9.47 Å². The molecule has 0 fully saturated rings. The van der Waals surface area contributed by atoms with E-state index in [1.165, 1.54) is 0 Å². The summed E-state index contributed by atoms with van der Waals surface area (Å²) in [4.78, 5) is 20.4. The van der Waals surface area contributed by atoms with Crippen molar-refractivity contribution in [1.29, 1.82) is 0 Å². The van der Waals surface area contributed by atoms with Crippen LogP contribution in [0.2, 0.25) is 0 Å². The van der Waals surface area contributed by atoms with Crippen LogP contribution >= 0.6 is 15.9 Å². The van der Waals surface area contributed by atoms with Crippen LogP contribution in [0.15, 0.2) is 59.5 Å². The predicted molar refractivity (Wildman–Crippen MR) is 116 cm³/mol. The molecule has 7 heteroatoms. The minimum atomic E-state index is -0.213. The topological polar surface area (TPSA) is 54.9 Å². The first-order valence-electron chi connectivity index (χ1n) is 8.61. The Morgan fingerprint density at radius 1 is 1.04 bits per heavy atom. The van der Waals surface area contributed by atoms with E-state index in [2.05, 4.69) is 20.9 Å². The number of halogens is 1. The van der Waals surface area contributed by atoms with Gasteiger partial charge in [-0.2, -0.15) is 0 Å². The first-order chi connectivity index (χ1) is 13.3. The number of carbonyl (C=O) groups excluding carboxylic acids is 1. The first-order valence-corrected chi connectivity index (χ1v) is 9.40. The van der Waals surface area contributed by atoms with Crippen LogP contribution < -0.4 is 0 Å². The Bertz CT molecular complexity index is 761. The molecule has 0 aliphatic carbocycles. The fourth-order valence-electron chi connectivity index (χ4n) is 2.36. The quantitative estimate of drug-likeness (QED) is 0.364.